The Hall–Kier alpha value is -2.03. The van der Waals surface area contributed by atoms with Crippen molar-refractivity contribution in [1.29, 1.82) is 0 Å². The van der Waals surface area contributed by atoms with E-state index in [1.54, 1.807) is 12.5 Å². The number of rotatable bonds is 1. The van der Waals surface area contributed by atoms with E-state index in [1.165, 1.54) is 0 Å². The number of fused-ring (bicyclic) bond motifs is 1. The van der Waals surface area contributed by atoms with Gasteiger partial charge in [-0.2, -0.15) is 5.10 Å². The van der Waals surface area contributed by atoms with Gasteiger partial charge in [0.15, 0.2) is 0 Å². The normalized spacial score (nSPS) is 10.9. The molecule has 2 aromatic heterocycles. The van der Waals surface area contributed by atoms with Gasteiger partial charge in [-0.05, 0) is 23.8 Å². The molecule has 0 saturated carbocycles. The molecule has 0 fully saturated rings. The summed E-state index contributed by atoms with van der Waals surface area (Å²) in [4.78, 5) is 0. The van der Waals surface area contributed by atoms with Crippen LogP contribution in [0.1, 0.15) is 0 Å². The lowest BCUT2D eigenvalue weighted by molar-refractivity contribution is 0.568. The van der Waals surface area contributed by atoms with Gasteiger partial charge in [0, 0.05) is 10.9 Å². The van der Waals surface area contributed by atoms with Crippen molar-refractivity contribution in [2.24, 2.45) is 0 Å². The third kappa shape index (κ3) is 1.03. The zero-order valence-electron chi connectivity index (χ0n) is 7.40. The van der Waals surface area contributed by atoms with Crippen LogP contribution in [0.4, 0.5) is 0 Å². The van der Waals surface area contributed by atoms with E-state index in [1.807, 2.05) is 24.4 Å². The second-order valence-corrected chi connectivity index (χ2v) is 3.18. The van der Waals surface area contributed by atoms with Crippen molar-refractivity contribution in [2.75, 3.05) is 0 Å². The third-order valence-corrected chi connectivity index (χ3v) is 2.29. The van der Waals surface area contributed by atoms with Gasteiger partial charge >= 0.3 is 0 Å². The minimum Gasteiger partial charge on any atom is -0.472 e. The minimum atomic E-state index is 1.05. The quantitative estimate of drug-likeness (QED) is 0.631. The van der Waals surface area contributed by atoms with Crippen molar-refractivity contribution >= 4 is 10.9 Å². The van der Waals surface area contributed by atoms with E-state index in [2.05, 4.69) is 16.3 Å². The molecule has 0 aliphatic carbocycles. The Bertz CT molecular complexity index is 551. The molecule has 3 heteroatoms. The monoisotopic (exact) mass is 184 g/mol. The molecule has 3 rings (SSSR count). The summed E-state index contributed by atoms with van der Waals surface area (Å²) in [5.74, 6) is 0. The number of hydrogen-bond donors (Lipinski definition) is 1. The number of aromatic nitrogens is 2. The molecule has 1 aromatic carbocycles. The maximum Gasteiger partial charge on any atom is 0.0980 e. The summed E-state index contributed by atoms with van der Waals surface area (Å²) in [5.41, 5.74) is 3.29. The van der Waals surface area contributed by atoms with E-state index in [-0.39, 0.29) is 0 Å². The fourth-order valence-electron chi connectivity index (χ4n) is 1.55. The van der Waals surface area contributed by atoms with Gasteiger partial charge in [-0.1, -0.05) is 6.07 Å². The van der Waals surface area contributed by atoms with Crippen LogP contribution in [0, 0.1) is 0 Å². The van der Waals surface area contributed by atoms with Crippen molar-refractivity contribution in [2.45, 2.75) is 0 Å². The summed E-state index contributed by atoms with van der Waals surface area (Å²) in [5, 5.41) is 8.01. The molecule has 1 N–H and O–H groups in total. The van der Waals surface area contributed by atoms with Crippen LogP contribution in [0.15, 0.2) is 47.4 Å². The number of hydrogen-bond acceptors (Lipinski definition) is 2. The summed E-state index contributed by atoms with van der Waals surface area (Å²) >= 11 is 0. The zero-order valence-corrected chi connectivity index (χ0v) is 7.40. The summed E-state index contributed by atoms with van der Waals surface area (Å²) < 4.78 is 5.04. The topological polar surface area (TPSA) is 41.8 Å². The summed E-state index contributed by atoms with van der Waals surface area (Å²) in [7, 11) is 0. The molecular formula is C11H8N2O. The molecule has 2 heterocycles. The van der Waals surface area contributed by atoms with Crippen LogP contribution in [0.5, 0.6) is 0 Å². The first kappa shape index (κ1) is 7.38. The summed E-state index contributed by atoms with van der Waals surface area (Å²) in [6.45, 7) is 0. The van der Waals surface area contributed by atoms with Gasteiger partial charge in [-0.3, -0.25) is 5.10 Å². The second-order valence-electron chi connectivity index (χ2n) is 3.18. The molecule has 0 atom stereocenters. The van der Waals surface area contributed by atoms with E-state index >= 15 is 0 Å². The first-order valence-electron chi connectivity index (χ1n) is 4.39. The number of aromatic amines is 1. The Kier molecular flexibility index (Phi) is 1.44. The molecule has 14 heavy (non-hydrogen) atoms. The highest BCUT2D eigenvalue weighted by Gasteiger charge is 2.01. The van der Waals surface area contributed by atoms with Crippen LogP contribution >= 0.6 is 0 Å². The largest absolute Gasteiger partial charge is 0.472 e. The number of benzene rings is 1. The van der Waals surface area contributed by atoms with Crippen LogP contribution in [-0.4, -0.2) is 10.2 Å². The van der Waals surface area contributed by atoms with Crippen LogP contribution in [0.2, 0.25) is 0 Å². The van der Waals surface area contributed by atoms with E-state index < -0.39 is 0 Å². The van der Waals surface area contributed by atoms with Gasteiger partial charge < -0.3 is 4.42 Å². The molecule has 0 aliphatic rings. The maximum absolute atomic E-state index is 5.04. The van der Waals surface area contributed by atoms with Crippen molar-refractivity contribution in [3.8, 4) is 11.1 Å². The molecule has 0 unspecified atom stereocenters. The highest BCUT2D eigenvalue weighted by atomic mass is 16.3. The average Bonchev–Trinajstić information content (AvgIpc) is 2.88. The molecule has 0 bridgehead atoms. The van der Waals surface area contributed by atoms with Crippen LogP contribution in [-0.2, 0) is 0 Å². The van der Waals surface area contributed by atoms with Gasteiger partial charge in [-0.15, -0.1) is 0 Å². The van der Waals surface area contributed by atoms with Crippen LogP contribution in [0.25, 0.3) is 22.0 Å². The number of nitrogens with one attached hydrogen (secondary N) is 1. The number of nitrogens with zero attached hydrogens (tertiary/aromatic N) is 1. The van der Waals surface area contributed by atoms with Crippen molar-refractivity contribution in [1.82, 2.24) is 10.2 Å². The van der Waals surface area contributed by atoms with E-state index in [9.17, 15) is 0 Å². The van der Waals surface area contributed by atoms with Crippen molar-refractivity contribution < 1.29 is 4.42 Å². The minimum absolute atomic E-state index is 1.05. The Balaban J connectivity index is 2.23. The molecule has 0 spiro atoms. The summed E-state index contributed by atoms with van der Waals surface area (Å²) in [6, 6.07) is 8.10. The second kappa shape index (κ2) is 2.73. The Morgan fingerprint density at radius 1 is 1.14 bits per heavy atom. The number of furan rings is 1. The zero-order chi connectivity index (χ0) is 9.38. The molecule has 0 radical (unpaired) electrons. The van der Waals surface area contributed by atoms with Gasteiger partial charge in [-0.25, -0.2) is 0 Å². The highest BCUT2D eigenvalue weighted by Crippen LogP contribution is 2.23. The Morgan fingerprint density at radius 2 is 2.14 bits per heavy atom. The highest BCUT2D eigenvalue weighted by molar-refractivity contribution is 5.83. The van der Waals surface area contributed by atoms with Crippen molar-refractivity contribution in [3.05, 3.63) is 43.0 Å². The first-order valence-corrected chi connectivity index (χ1v) is 4.39. The molecule has 68 valence electrons. The molecule has 3 aromatic rings. The first-order chi connectivity index (χ1) is 6.93. The van der Waals surface area contributed by atoms with Crippen molar-refractivity contribution in [3.63, 3.8) is 0 Å². The maximum atomic E-state index is 5.04. The standard InChI is InChI=1S/C11H8N2O/c1-2-11-10(6-12-13-11)5-8(1)9-3-4-14-7-9/h1-7H,(H,12,13). The molecular weight excluding hydrogens is 176 g/mol. The van der Waals surface area contributed by atoms with Gasteiger partial charge in [0.1, 0.15) is 0 Å². The lowest BCUT2D eigenvalue weighted by atomic mass is 10.1. The molecule has 0 aliphatic heterocycles. The predicted molar refractivity (Wildman–Crippen MR) is 53.8 cm³/mol. The lowest BCUT2D eigenvalue weighted by Gasteiger charge is -1.95. The van der Waals surface area contributed by atoms with Crippen LogP contribution in [0.3, 0.4) is 0 Å². The number of H-pyrrole nitrogens is 1. The molecule has 3 nitrogen and oxygen atoms in total. The summed E-state index contributed by atoms with van der Waals surface area (Å²) in [6.07, 6.45) is 5.23. The fourth-order valence-corrected chi connectivity index (χ4v) is 1.55. The Morgan fingerprint density at radius 3 is 3.00 bits per heavy atom. The predicted octanol–water partition coefficient (Wildman–Crippen LogP) is 2.82. The molecule has 0 saturated heterocycles. The SMILES string of the molecule is c1cc(-c2ccc3[nH]ncc3c2)co1. The van der Waals surface area contributed by atoms with E-state index in [0.29, 0.717) is 0 Å². The van der Waals surface area contributed by atoms with Gasteiger partial charge in [0.25, 0.3) is 0 Å². The molecule has 0 amide bonds. The van der Waals surface area contributed by atoms with E-state index in [4.69, 9.17) is 4.42 Å². The Labute approximate surface area is 80.4 Å². The van der Waals surface area contributed by atoms with Gasteiger partial charge in [0.05, 0.1) is 24.2 Å². The van der Waals surface area contributed by atoms with E-state index in [0.717, 1.165) is 22.0 Å². The van der Waals surface area contributed by atoms with Crippen LogP contribution < -0.4 is 0 Å². The smallest absolute Gasteiger partial charge is 0.0980 e. The van der Waals surface area contributed by atoms with Gasteiger partial charge in [0.2, 0.25) is 0 Å². The lowest BCUT2D eigenvalue weighted by Crippen LogP contribution is -1.73. The fraction of sp³-hybridized carbons (Fsp3) is 0. The average molecular weight is 184 g/mol. The third-order valence-electron chi connectivity index (χ3n) is 2.29.